The molecule has 2 aromatic carbocycles. The molecule has 10 heteroatoms. The third-order valence-corrected chi connectivity index (χ3v) is 5.41. The van der Waals surface area contributed by atoms with Gasteiger partial charge in [-0.3, -0.25) is 10.2 Å². The smallest absolute Gasteiger partial charge is 0.281 e. The largest absolute Gasteiger partial charge is 0.493 e. The van der Waals surface area contributed by atoms with E-state index < -0.39 is 21.8 Å². The normalized spacial score (nSPS) is 10.8. The fourth-order valence-corrected chi connectivity index (χ4v) is 3.67. The molecular weight excluding hydrogens is 396 g/mol. The number of ether oxygens (including phenoxy) is 3. The topological polar surface area (TPSA) is 94.2 Å². The molecule has 0 atom stereocenters. The number of hydrazine groups is 1. The van der Waals surface area contributed by atoms with Crippen LogP contribution in [0.2, 0.25) is 0 Å². The number of hydrogen-bond acceptors (Lipinski definition) is 6. The number of sulfonamides is 1. The molecule has 0 unspecified atom stereocenters. The van der Waals surface area contributed by atoms with E-state index in [1.54, 1.807) is 18.2 Å². The summed E-state index contributed by atoms with van der Waals surface area (Å²) < 4.78 is 42.7. The molecular formula is C17H19ClN2O6S. The van der Waals surface area contributed by atoms with Crippen molar-refractivity contribution in [3.63, 3.8) is 0 Å². The van der Waals surface area contributed by atoms with Crippen LogP contribution in [0.15, 0.2) is 47.4 Å². The van der Waals surface area contributed by atoms with Crippen LogP contribution in [0.1, 0.15) is 0 Å². The molecule has 0 heterocycles. The Balaban J connectivity index is 2.66. The van der Waals surface area contributed by atoms with Crippen LogP contribution in [0.4, 0.5) is 5.69 Å². The Morgan fingerprint density at radius 1 is 1.04 bits per heavy atom. The quantitative estimate of drug-likeness (QED) is 0.525. The van der Waals surface area contributed by atoms with Crippen LogP contribution in [0.25, 0.3) is 0 Å². The molecule has 0 aliphatic carbocycles. The second-order valence-electron chi connectivity index (χ2n) is 5.13. The van der Waals surface area contributed by atoms with Crippen LogP contribution in [0, 0.1) is 0 Å². The van der Waals surface area contributed by atoms with Crippen LogP contribution < -0.4 is 24.1 Å². The van der Waals surface area contributed by atoms with Gasteiger partial charge in [-0.25, -0.2) is 0 Å². The number of nitrogens with one attached hydrogen (secondary N) is 1. The zero-order valence-electron chi connectivity index (χ0n) is 14.9. The van der Waals surface area contributed by atoms with E-state index in [0.717, 1.165) is 4.41 Å². The predicted molar refractivity (Wildman–Crippen MR) is 101 cm³/mol. The zero-order valence-corrected chi connectivity index (χ0v) is 16.5. The molecule has 146 valence electrons. The van der Waals surface area contributed by atoms with E-state index in [1.165, 1.54) is 45.6 Å². The van der Waals surface area contributed by atoms with E-state index in [-0.39, 0.29) is 27.8 Å². The van der Waals surface area contributed by atoms with E-state index in [4.69, 9.17) is 25.8 Å². The highest BCUT2D eigenvalue weighted by Gasteiger charge is 2.29. The third-order valence-electron chi connectivity index (χ3n) is 3.51. The summed E-state index contributed by atoms with van der Waals surface area (Å²) in [6.07, 6.45) is 0. The third kappa shape index (κ3) is 4.37. The van der Waals surface area contributed by atoms with Gasteiger partial charge in [-0.15, -0.1) is 11.6 Å². The molecule has 0 aliphatic rings. The highest BCUT2D eigenvalue weighted by Crippen LogP contribution is 2.41. The first-order valence-corrected chi connectivity index (χ1v) is 9.62. The van der Waals surface area contributed by atoms with Crippen molar-refractivity contribution < 1.29 is 27.4 Å². The Kier molecular flexibility index (Phi) is 6.75. The average molecular weight is 415 g/mol. The fraction of sp³-hybridized carbons (Fsp3) is 0.235. The average Bonchev–Trinajstić information content (AvgIpc) is 2.70. The van der Waals surface area contributed by atoms with Gasteiger partial charge in [-0.1, -0.05) is 18.2 Å². The number of nitrogens with zero attached hydrogens (tertiary/aromatic N) is 1. The van der Waals surface area contributed by atoms with E-state index in [2.05, 4.69) is 5.43 Å². The number of rotatable bonds is 8. The van der Waals surface area contributed by atoms with E-state index in [1.807, 2.05) is 0 Å². The SMILES string of the molecule is COc1cc(N(NC(=O)CCl)S(=O)(=O)c2ccccc2)cc(OC)c1OC. The number of alkyl halides is 1. The standard InChI is InChI=1S/C17H19ClN2O6S/c1-24-14-9-12(10-15(25-2)17(14)26-3)20(19-16(21)11-18)27(22,23)13-7-5-4-6-8-13/h4-10H,11H2,1-3H3,(H,19,21). The molecule has 1 amide bonds. The number of amides is 1. The highest BCUT2D eigenvalue weighted by atomic mass is 35.5. The molecule has 1 N–H and O–H groups in total. The number of carbonyl (C=O) groups is 1. The highest BCUT2D eigenvalue weighted by molar-refractivity contribution is 7.92. The van der Waals surface area contributed by atoms with Gasteiger partial charge in [0.25, 0.3) is 15.9 Å². The lowest BCUT2D eigenvalue weighted by Crippen LogP contribution is -2.47. The van der Waals surface area contributed by atoms with Crippen molar-refractivity contribution in [1.29, 1.82) is 0 Å². The van der Waals surface area contributed by atoms with Gasteiger partial charge in [0.15, 0.2) is 11.5 Å². The summed E-state index contributed by atoms with van der Waals surface area (Å²) in [5.41, 5.74) is 2.36. The van der Waals surface area contributed by atoms with Crippen LogP contribution in [0.5, 0.6) is 17.2 Å². The number of carbonyl (C=O) groups excluding carboxylic acids is 1. The van der Waals surface area contributed by atoms with Crippen LogP contribution >= 0.6 is 11.6 Å². The first-order chi connectivity index (χ1) is 12.9. The second kappa shape index (κ2) is 8.83. The molecule has 0 spiro atoms. The van der Waals surface area contributed by atoms with Crippen molar-refractivity contribution in [2.24, 2.45) is 0 Å². The molecule has 0 aliphatic heterocycles. The second-order valence-corrected chi connectivity index (χ2v) is 7.19. The van der Waals surface area contributed by atoms with Crippen molar-refractivity contribution in [3.8, 4) is 17.2 Å². The first kappa shape index (κ1) is 20.7. The molecule has 0 fully saturated rings. The molecule has 2 rings (SSSR count). The van der Waals surface area contributed by atoms with Crippen molar-refractivity contribution in [2.45, 2.75) is 4.90 Å². The number of anilines is 1. The number of methoxy groups -OCH3 is 3. The Labute approximate surface area is 162 Å². The maximum atomic E-state index is 13.1. The molecule has 0 saturated heterocycles. The van der Waals surface area contributed by atoms with Crippen LogP contribution in [-0.4, -0.2) is 41.5 Å². The van der Waals surface area contributed by atoms with Gasteiger partial charge in [0.1, 0.15) is 5.88 Å². The minimum absolute atomic E-state index is 0.0198. The lowest BCUT2D eigenvalue weighted by molar-refractivity contribution is -0.118. The van der Waals surface area contributed by atoms with Crippen molar-refractivity contribution in [1.82, 2.24) is 5.43 Å². The van der Waals surface area contributed by atoms with Crippen LogP contribution in [-0.2, 0) is 14.8 Å². The molecule has 0 bridgehead atoms. The molecule has 0 radical (unpaired) electrons. The summed E-state index contributed by atoms with van der Waals surface area (Å²) in [5.74, 6) is -0.402. The van der Waals surface area contributed by atoms with E-state index in [9.17, 15) is 13.2 Å². The molecule has 0 saturated carbocycles. The Bertz CT molecular complexity index is 880. The monoisotopic (exact) mass is 414 g/mol. The van der Waals surface area contributed by atoms with Gasteiger partial charge in [-0.05, 0) is 12.1 Å². The summed E-state index contributed by atoms with van der Waals surface area (Å²) in [4.78, 5) is 11.8. The summed E-state index contributed by atoms with van der Waals surface area (Å²) in [6, 6.07) is 10.4. The molecule has 8 nitrogen and oxygen atoms in total. The summed E-state index contributed by atoms with van der Waals surface area (Å²) in [7, 11) is 0.0810. The van der Waals surface area contributed by atoms with Crippen molar-refractivity contribution in [2.75, 3.05) is 31.6 Å². The minimum Gasteiger partial charge on any atom is -0.493 e. The van der Waals surface area contributed by atoms with Crippen molar-refractivity contribution in [3.05, 3.63) is 42.5 Å². The van der Waals surface area contributed by atoms with Gasteiger partial charge in [-0.2, -0.15) is 12.8 Å². The Morgan fingerprint density at radius 3 is 2.04 bits per heavy atom. The van der Waals surface area contributed by atoms with E-state index >= 15 is 0 Å². The lowest BCUT2D eigenvalue weighted by Gasteiger charge is -2.26. The predicted octanol–water partition coefficient (Wildman–Crippen LogP) is 2.18. The van der Waals surface area contributed by atoms with Gasteiger partial charge in [0.2, 0.25) is 5.75 Å². The molecule has 27 heavy (non-hydrogen) atoms. The zero-order chi connectivity index (χ0) is 20.0. The van der Waals surface area contributed by atoms with Crippen LogP contribution in [0.3, 0.4) is 0 Å². The fourth-order valence-electron chi connectivity index (χ4n) is 2.29. The minimum atomic E-state index is -4.14. The van der Waals surface area contributed by atoms with Gasteiger partial charge < -0.3 is 14.2 Å². The Hall–Kier alpha value is -2.65. The van der Waals surface area contributed by atoms with Crippen molar-refractivity contribution >= 4 is 33.2 Å². The van der Waals surface area contributed by atoms with Gasteiger partial charge in [0.05, 0.1) is 31.9 Å². The number of hydrogen-bond donors (Lipinski definition) is 1. The van der Waals surface area contributed by atoms with E-state index in [0.29, 0.717) is 0 Å². The maximum absolute atomic E-state index is 13.1. The number of benzene rings is 2. The number of halogens is 1. The summed E-state index contributed by atoms with van der Waals surface area (Å²) >= 11 is 5.54. The molecule has 2 aromatic rings. The lowest BCUT2D eigenvalue weighted by atomic mass is 10.2. The van der Waals surface area contributed by atoms with Gasteiger partial charge in [0, 0.05) is 12.1 Å². The van der Waals surface area contributed by atoms with Gasteiger partial charge >= 0.3 is 0 Å². The molecule has 0 aromatic heterocycles. The maximum Gasteiger partial charge on any atom is 0.281 e. The Morgan fingerprint density at radius 2 is 1.59 bits per heavy atom. The first-order valence-electron chi connectivity index (χ1n) is 7.64. The summed E-state index contributed by atoms with van der Waals surface area (Å²) in [5, 5.41) is 0. The summed E-state index contributed by atoms with van der Waals surface area (Å²) in [6.45, 7) is 0.